The highest BCUT2D eigenvalue weighted by Crippen LogP contribution is 2.28. The molecule has 3 aromatic carbocycles. The van der Waals surface area contributed by atoms with Gasteiger partial charge in [-0.3, -0.25) is 0 Å². The van der Waals surface area contributed by atoms with Crippen LogP contribution in [0.4, 0.5) is 22.9 Å². The van der Waals surface area contributed by atoms with E-state index in [1.807, 2.05) is 61.5 Å². The summed E-state index contributed by atoms with van der Waals surface area (Å²) in [7, 11) is 0. The molecule has 1 N–H and O–H groups in total. The number of alkyl halides is 1. The fraction of sp³-hybridized carbons (Fsp3) is 0.130. The number of anilines is 3. The SMILES string of the molecule is CC(Cl)CN(N=Nc1ccc2ncnc(Nc3cccc(Cl)c3)c2c1)c1ccc(Cl)cc1. The summed E-state index contributed by atoms with van der Waals surface area (Å²) < 4.78 is 0. The van der Waals surface area contributed by atoms with E-state index >= 15 is 0 Å². The van der Waals surface area contributed by atoms with Gasteiger partial charge in [0.2, 0.25) is 0 Å². The summed E-state index contributed by atoms with van der Waals surface area (Å²) in [5, 5.41) is 15.9. The molecule has 0 fully saturated rings. The minimum absolute atomic E-state index is 0.122. The Kier molecular flexibility index (Phi) is 7.05. The van der Waals surface area contributed by atoms with Crippen molar-refractivity contribution < 1.29 is 0 Å². The number of fused-ring (bicyclic) bond motifs is 1. The molecule has 1 heterocycles. The van der Waals surface area contributed by atoms with E-state index in [2.05, 4.69) is 25.6 Å². The molecule has 9 heteroatoms. The monoisotopic (exact) mass is 484 g/mol. The first-order chi connectivity index (χ1) is 15.5. The highest BCUT2D eigenvalue weighted by Gasteiger charge is 2.10. The van der Waals surface area contributed by atoms with E-state index in [0.717, 1.165) is 22.3 Å². The number of halogens is 3. The predicted molar refractivity (Wildman–Crippen MR) is 133 cm³/mol. The normalized spacial score (nSPS) is 12.2. The Balaban J connectivity index is 1.64. The summed E-state index contributed by atoms with van der Waals surface area (Å²) >= 11 is 18.3. The molecule has 1 atom stereocenters. The summed E-state index contributed by atoms with van der Waals surface area (Å²) in [5.74, 6) is 0.651. The molecule has 1 unspecified atom stereocenters. The second-order valence-electron chi connectivity index (χ2n) is 7.09. The zero-order valence-electron chi connectivity index (χ0n) is 17.1. The second kappa shape index (κ2) is 10.1. The van der Waals surface area contributed by atoms with Crippen LogP contribution in [0.5, 0.6) is 0 Å². The van der Waals surface area contributed by atoms with Gasteiger partial charge in [-0.15, -0.1) is 16.7 Å². The lowest BCUT2D eigenvalue weighted by Gasteiger charge is -2.19. The number of aromatic nitrogens is 2. The number of nitrogens with zero attached hydrogens (tertiary/aromatic N) is 5. The van der Waals surface area contributed by atoms with E-state index in [1.165, 1.54) is 6.33 Å². The van der Waals surface area contributed by atoms with Crippen LogP contribution >= 0.6 is 34.8 Å². The van der Waals surface area contributed by atoms with Gasteiger partial charge >= 0.3 is 0 Å². The number of hydrogen-bond acceptors (Lipinski definition) is 5. The highest BCUT2D eigenvalue weighted by atomic mass is 35.5. The highest BCUT2D eigenvalue weighted by molar-refractivity contribution is 6.31. The first-order valence-electron chi connectivity index (χ1n) is 9.84. The molecule has 0 saturated heterocycles. The van der Waals surface area contributed by atoms with Crippen LogP contribution in [-0.4, -0.2) is 21.9 Å². The van der Waals surface area contributed by atoms with Gasteiger partial charge in [0.05, 0.1) is 28.8 Å². The van der Waals surface area contributed by atoms with Crippen molar-refractivity contribution in [2.45, 2.75) is 12.3 Å². The van der Waals surface area contributed by atoms with Crippen LogP contribution in [0.15, 0.2) is 83.4 Å². The lowest BCUT2D eigenvalue weighted by Crippen LogP contribution is -2.22. The van der Waals surface area contributed by atoms with Crippen molar-refractivity contribution in [3.63, 3.8) is 0 Å². The molecule has 1 aromatic heterocycles. The van der Waals surface area contributed by atoms with Crippen molar-refractivity contribution in [2.75, 3.05) is 16.9 Å². The van der Waals surface area contributed by atoms with Crippen LogP contribution in [0.2, 0.25) is 10.0 Å². The van der Waals surface area contributed by atoms with Crippen molar-refractivity contribution in [3.8, 4) is 0 Å². The third kappa shape index (κ3) is 5.65. The Hall–Kier alpha value is -2.93. The second-order valence-corrected chi connectivity index (χ2v) is 8.71. The Morgan fingerprint density at radius 3 is 2.53 bits per heavy atom. The van der Waals surface area contributed by atoms with Gasteiger partial charge in [0, 0.05) is 21.1 Å². The average Bonchev–Trinajstić information content (AvgIpc) is 2.77. The Bertz CT molecular complexity index is 1240. The molecule has 0 spiro atoms. The third-order valence-corrected chi connectivity index (χ3v) is 5.15. The quantitative estimate of drug-likeness (QED) is 0.165. The van der Waals surface area contributed by atoms with E-state index in [9.17, 15) is 0 Å². The summed E-state index contributed by atoms with van der Waals surface area (Å²) in [5.41, 5.74) is 3.11. The molecule has 0 amide bonds. The lowest BCUT2D eigenvalue weighted by atomic mass is 10.2. The Labute approximate surface area is 200 Å². The van der Waals surface area contributed by atoms with Crippen molar-refractivity contribution in [3.05, 3.63) is 83.1 Å². The average molecular weight is 486 g/mol. The molecule has 32 heavy (non-hydrogen) atoms. The zero-order chi connectivity index (χ0) is 22.5. The van der Waals surface area contributed by atoms with E-state index < -0.39 is 0 Å². The van der Waals surface area contributed by atoms with E-state index in [4.69, 9.17) is 34.8 Å². The van der Waals surface area contributed by atoms with Crippen LogP contribution in [0, 0.1) is 0 Å². The summed E-state index contributed by atoms with van der Waals surface area (Å²) in [6.07, 6.45) is 1.51. The fourth-order valence-electron chi connectivity index (χ4n) is 3.06. The molecule has 4 aromatic rings. The smallest absolute Gasteiger partial charge is 0.141 e. The van der Waals surface area contributed by atoms with Crippen LogP contribution in [0.3, 0.4) is 0 Å². The maximum atomic E-state index is 6.22. The summed E-state index contributed by atoms with van der Waals surface area (Å²) in [4.78, 5) is 8.73. The van der Waals surface area contributed by atoms with E-state index in [-0.39, 0.29) is 5.38 Å². The number of nitrogens with one attached hydrogen (secondary N) is 1. The predicted octanol–water partition coefficient (Wildman–Crippen LogP) is 7.81. The minimum atomic E-state index is -0.122. The minimum Gasteiger partial charge on any atom is -0.340 e. The van der Waals surface area contributed by atoms with Crippen LogP contribution in [0.1, 0.15) is 6.92 Å². The zero-order valence-corrected chi connectivity index (χ0v) is 19.4. The van der Waals surface area contributed by atoms with E-state index in [1.54, 1.807) is 17.1 Å². The van der Waals surface area contributed by atoms with Gasteiger partial charge < -0.3 is 5.32 Å². The topological polar surface area (TPSA) is 65.8 Å². The fourth-order valence-corrected chi connectivity index (χ4v) is 3.51. The number of benzene rings is 3. The first-order valence-corrected chi connectivity index (χ1v) is 11.0. The maximum Gasteiger partial charge on any atom is 0.141 e. The molecule has 162 valence electrons. The molecule has 0 aliphatic rings. The molecule has 0 radical (unpaired) electrons. The van der Waals surface area contributed by atoms with Crippen LogP contribution < -0.4 is 10.3 Å². The van der Waals surface area contributed by atoms with Crippen LogP contribution in [-0.2, 0) is 0 Å². The Morgan fingerprint density at radius 2 is 1.78 bits per heavy atom. The molecule has 0 aliphatic heterocycles. The van der Waals surface area contributed by atoms with Crippen LogP contribution in [0.25, 0.3) is 10.9 Å². The molecule has 0 aliphatic carbocycles. The summed E-state index contributed by atoms with van der Waals surface area (Å²) in [6, 6.07) is 20.4. The van der Waals surface area contributed by atoms with Gasteiger partial charge in [-0.05, 0) is 67.6 Å². The van der Waals surface area contributed by atoms with Gasteiger partial charge in [0.1, 0.15) is 12.1 Å². The molecule has 6 nitrogen and oxygen atoms in total. The van der Waals surface area contributed by atoms with Crippen molar-refractivity contribution >= 4 is 68.6 Å². The van der Waals surface area contributed by atoms with Crippen molar-refractivity contribution in [1.29, 1.82) is 0 Å². The number of rotatable bonds is 7. The van der Waals surface area contributed by atoms with Gasteiger partial charge in [-0.2, -0.15) is 0 Å². The van der Waals surface area contributed by atoms with Gasteiger partial charge in [0.25, 0.3) is 0 Å². The van der Waals surface area contributed by atoms with Gasteiger partial charge in [-0.1, -0.05) is 34.5 Å². The third-order valence-electron chi connectivity index (χ3n) is 4.52. The van der Waals surface area contributed by atoms with Gasteiger partial charge in [-0.25, -0.2) is 15.0 Å². The Morgan fingerprint density at radius 1 is 0.969 bits per heavy atom. The van der Waals surface area contributed by atoms with E-state index in [0.29, 0.717) is 28.1 Å². The summed E-state index contributed by atoms with van der Waals surface area (Å²) in [6.45, 7) is 2.39. The van der Waals surface area contributed by atoms with Gasteiger partial charge in [0.15, 0.2) is 0 Å². The molecule has 0 bridgehead atoms. The number of hydrogen-bond donors (Lipinski definition) is 1. The van der Waals surface area contributed by atoms with Crippen molar-refractivity contribution in [1.82, 2.24) is 9.97 Å². The molecule has 4 rings (SSSR count). The molecular weight excluding hydrogens is 467 g/mol. The maximum absolute atomic E-state index is 6.22. The van der Waals surface area contributed by atoms with Crippen molar-refractivity contribution in [2.24, 2.45) is 10.3 Å². The first kappa shape index (κ1) is 22.3. The largest absolute Gasteiger partial charge is 0.340 e. The lowest BCUT2D eigenvalue weighted by molar-refractivity contribution is 0.776. The standard InChI is InChI=1S/C23H19Cl3N6/c1-15(24)13-32(20-8-5-16(25)6-9-20)31-30-19-7-10-22-21(12-19)23(28-14-27-22)29-18-4-2-3-17(26)11-18/h2-12,14-15H,13H2,1H3,(H,27,28,29). The molecule has 0 saturated carbocycles. The molecular formula is C23H19Cl3N6.